The summed E-state index contributed by atoms with van der Waals surface area (Å²) < 4.78 is 4.98. The largest absolute Gasteiger partial charge is 0.472 e. The molecule has 0 amide bonds. The summed E-state index contributed by atoms with van der Waals surface area (Å²) >= 11 is 1.49. The molecule has 0 aliphatic heterocycles. The molecule has 0 aliphatic rings. The van der Waals surface area contributed by atoms with Crippen LogP contribution in [0.1, 0.15) is 15.2 Å². The van der Waals surface area contributed by atoms with Crippen LogP contribution in [0.2, 0.25) is 0 Å². The molecule has 0 aromatic carbocycles. The molecule has 0 saturated carbocycles. The molecule has 0 aliphatic carbocycles. The van der Waals surface area contributed by atoms with Gasteiger partial charge in [0.05, 0.1) is 23.9 Å². The number of thiophene rings is 1. The van der Waals surface area contributed by atoms with Crippen LogP contribution in [-0.4, -0.2) is 24.3 Å². The third-order valence-electron chi connectivity index (χ3n) is 2.24. The Morgan fingerprint density at radius 3 is 3.00 bits per heavy atom. The van der Waals surface area contributed by atoms with Gasteiger partial charge in [-0.15, -0.1) is 11.3 Å². The van der Waals surface area contributed by atoms with Crippen molar-refractivity contribution >= 4 is 17.1 Å². The zero-order valence-electron chi connectivity index (χ0n) is 9.05. The average Bonchev–Trinajstić information content (AvgIpc) is 2.88. The Hall–Kier alpha value is -1.39. The van der Waals surface area contributed by atoms with Crippen molar-refractivity contribution in [3.63, 3.8) is 0 Å². The van der Waals surface area contributed by atoms with Crippen LogP contribution < -0.4 is 0 Å². The first-order chi connectivity index (χ1) is 7.75. The van der Waals surface area contributed by atoms with Crippen LogP contribution in [0.25, 0.3) is 0 Å². The van der Waals surface area contributed by atoms with Gasteiger partial charge in [0.25, 0.3) is 0 Å². The van der Waals surface area contributed by atoms with Crippen LogP contribution in [0.15, 0.2) is 40.5 Å². The number of carbonyl (C=O) groups excluding carboxylic acids is 1. The molecule has 0 bridgehead atoms. The summed E-state index contributed by atoms with van der Waals surface area (Å²) in [6.45, 7) is 1.17. The predicted molar refractivity (Wildman–Crippen MR) is 63.7 cm³/mol. The topological polar surface area (TPSA) is 33.5 Å². The summed E-state index contributed by atoms with van der Waals surface area (Å²) in [7, 11) is 1.93. The van der Waals surface area contributed by atoms with Crippen molar-refractivity contribution < 1.29 is 9.21 Å². The molecule has 0 fully saturated rings. The molecule has 2 rings (SSSR count). The van der Waals surface area contributed by atoms with Crippen molar-refractivity contribution in [2.75, 3.05) is 13.6 Å². The molecule has 3 nitrogen and oxygen atoms in total. The van der Waals surface area contributed by atoms with Crippen molar-refractivity contribution in [2.24, 2.45) is 0 Å². The number of furan rings is 1. The van der Waals surface area contributed by atoms with Gasteiger partial charge in [-0.3, -0.25) is 9.69 Å². The second-order valence-electron chi connectivity index (χ2n) is 3.70. The molecule has 84 valence electrons. The van der Waals surface area contributed by atoms with Gasteiger partial charge in [0.2, 0.25) is 0 Å². The second-order valence-corrected chi connectivity index (χ2v) is 4.65. The smallest absolute Gasteiger partial charge is 0.186 e. The minimum atomic E-state index is 0.168. The molecule has 4 heteroatoms. The lowest BCUT2D eigenvalue weighted by Gasteiger charge is -2.13. The normalized spacial score (nSPS) is 10.9. The predicted octanol–water partition coefficient (Wildman–Crippen LogP) is 2.66. The molecular weight excluding hydrogens is 222 g/mol. The van der Waals surface area contributed by atoms with E-state index in [0.717, 1.165) is 17.0 Å². The fraction of sp³-hybridized carbons (Fsp3) is 0.250. The SMILES string of the molecule is CN(CC(=O)c1cccs1)Cc1ccoc1. The van der Waals surface area contributed by atoms with E-state index in [-0.39, 0.29) is 5.78 Å². The zero-order valence-corrected chi connectivity index (χ0v) is 9.87. The van der Waals surface area contributed by atoms with E-state index in [2.05, 4.69) is 0 Å². The number of hydrogen-bond donors (Lipinski definition) is 0. The molecule has 2 aromatic rings. The zero-order chi connectivity index (χ0) is 11.4. The Balaban J connectivity index is 1.88. The van der Waals surface area contributed by atoms with Crippen LogP contribution in [0.4, 0.5) is 0 Å². The fourth-order valence-electron chi connectivity index (χ4n) is 1.51. The number of Topliss-reactive ketones (excluding diaryl/α,β-unsaturated/α-hetero) is 1. The lowest BCUT2D eigenvalue weighted by molar-refractivity contribution is 0.0947. The van der Waals surface area contributed by atoms with E-state index in [1.165, 1.54) is 11.3 Å². The van der Waals surface area contributed by atoms with E-state index in [1.807, 2.05) is 35.5 Å². The van der Waals surface area contributed by atoms with Gasteiger partial charge in [-0.2, -0.15) is 0 Å². The van der Waals surface area contributed by atoms with Crippen molar-refractivity contribution in [3.8, 4) is 0 Å². The van der Waals surface area contributed by atoms with Gasteiger partial charge in [0.1, 0.15) is 0 Å². The van der Waals surface area contributed by atoms with E-state index in [1.54, 1.807) is 12.5 Å². The minimum Gasteiger partial charge on any atom is -0.472 e. The quantitative estimate of drug-likeness (QED) is 0.747. The molecule has 2 heterocycles. The van der Waals surface area contributed by atoms with Crippen molar-refractivity contribution in [1.82, 2.24) is 4.90 Å². The molecule has 16 heavy (non-hydrogen) atoms. The Bertz CT molecular complexity index is 434. The highest BCUT2D eigenvalue weighted by molar-refractivity contribution is 7.12. The van der Waals surface area contributed by atoms with E-state index >= 15 is 0 Å². The van der Waals surface area contributed by atoms with E-state index in [0.29, 0.717) is 6.54 Å². The Labute approximate surface area is 98.3 Å². The van der Waals surface area contributed by atoms with E-state index in [4.69, 9.17) is 4.42 Å². The molecule has 0 saturated heterocycles. The molecule has 0 unspecified atom stereocenters. The van der Waals surface area contributed by atoms with Crippen molar-refractivity contribution in [1.29, 1.82) is 0 Å². The molecular formula is C12H13NO2S. The van der Waals surface area contributed by atoms with Gasteiger partial charge in [0, 0.05) is 12.1 Å². The van der Waals surface area contributed by atoms with E-state index < -0.39 is 0 Å². The lowest BCUT2D eigenvalue weighted by atomic mass is 10.2. The van der Waals surface area contributed by atoms with Gasteiger partial charge in [-0.05, 0) is 24.6 Å². The van der Waals surface area contributed by atoms with Crippen LogP contribution in [0.3, 0.4) is 0 Å². The van der Waals surface area contributed by atoms with Gasteiger partial charge < -0.3 is 4.42 Å². The van der Waals surface area contributed by atoms with Gasteiger partial charge in [-0.1, -0.05) is 6.07 Å². The Morgan fingerprint density at radius 1 is 1.50 bits per heavy atom. The van der Waals surface area contributed by atoms with Gasteiger partial charge in [0.15, 0.2) is 5.78 Å². The summed E-state index contributed by atoms with van der Waals surface area (Å²) in [6, 6.07) is 5.67. The second kappa shape index (κ2) is 5.09. The number of nitrogens with zero attached hydrogens (tertiary/aromatic N) is 1. The fourth-order valence-corrected chi connectivity index (χ4v) is 2.17. The van der Waals surface area contributed by atoms with E-state index in [9.17, 15) is 4.79 Å². The summed E-state index contributed by atoms with van der Waals surface area (Å²) in [5, 5.41) is 1.92. The first-order valence-corrected chi connectivity index (χ1v) is 5.90. The molecule has 0 N–H and O–H groups in total. The maximum Gasteiger partial charge on any atom is 0.186 e. The third-order valence-corrected chi connectivity index (χ3v) is 3.15. The lowest BCUT2D eigenvalue weighted by Crippen LogP contribution is -2.24. The number of likely N-dealkylation sites (N-methyl/N-ethyl adjacent to an activating group) is 1. The Kier molecular flexibility index (Phi) is 3.54. The van der Waals surface area contributed by atoms with Crippen molar-refractivity contribution in [3.05, 3.63) is 46.5 Å². The summed E-state index contributed by atoms with van der Waals surface area (Å²) in [5.41, 5.74) is 1.08. The van der Waals surface area contributed by atoms with Crippen LogP contribution in [-0.2, 0) is 6.54 Å². The van der Waals surface area contributed by atoms with Crippen LogP contribution in [0.5, 0.6) is 0 Å². The maximum absolute atomic E-state index is 11.8. The van der Waals surface area contributed by atoms with Crippen LogP contribution >= 0.6 is 11.3 Å². The highest BCUT2D eigenvalue weighted by Gasteiger charge is 2.10. The minimum absolute atomic E-state index is 0.168. The highest BCUT2D eigenvalue weighted by Crippen LogP contribution is 2.11. The third kappa shape index (κ3) is 2.81. The van der Waals surface area contributed by atoms with Gasteiger partial charge in [-0.25, -0.2) is 0 Å². The number of carbonyl (C=O) groups is 1. The molecule has 0 radical (unpaired) electrons. The average molecular weight is 235 g/mol. The number of rotatable bonds is 5. The first kappa shape index (κ1) is 11.1. The van der Waals surface area contributed by atoms with Crippen LogP contribution in [0, 0.1) is 0 Å². The van der Waals surface area contributed by atoms with Gasteiger partial charge >= 0.3 is 0 Å². The summed E-state index contributed by atoms with van der Waals surface area (Å²) in [4.78, 5) is 14.6. The molecule has 2 aromatic heterocycles. The maximum atomic E-state index is 11.8. The standard InChI is InChI=1S/C12H13NO2S/c1-13(7-10-4-5-15-9-10)8-11(14)12-3-2-6-16-12/h2-6,9H,7-8H2,1H3. The monoisotopic (exact) mass is 235 g/mol. The van der Waals surface area contributed by atoms with Crippen molar-refractivity contribution in [2.45, 2.75) is 6.54 Å². The number of ketones is 1. The molecule has 0 spiro atoms. The Morgan fingerprint density at radius 2 is 2.38 bits per heavy atom. The summed E-state index contributed by atoms with van der Waals surface area (Å²) in [6.07, 6.45) is 3.34. The number of hydrogen-bond acceptors (Lipinski definition) is 4. The highest BCUT2D eigenvalue weighted by atomic mass is 32.1. The first-order valence-electron chi connectivity index (χ1n) is 5.02. The summed E-state index contributed by atoms with van der Waals surface area (Å²) in [5.74, 6) is 0.168. The molecule has 0 atom stereocenters.